The van der Waals surface area contributed by atoms with Crippen LogP contribution in [0.4, 0.5) is 5.69 Å². The van der Waals surface area contributed by atoms with Gasteiger partial charge in [0.15, 0.2) is 0 Å². The second-order valence-electron chi connectivity index (χ2n) is 6.25. The predicted octanol–water partition coefficient (Wildman–Crippen LogP) is 3.41. The first-order valence-electron chi connectivity index (χ1n) is 7.61. The molecule has 1 unspecified atom stereocenters. The van der Waals surface area contributed by atoms with Crippen molar-refractivity contribution in [3.8, 4) is 0 Å². The summed E-state index contributed by atoms with van der Waals surface area (Å²) in [5, 5.41) is 0. The van der Waals surface area contributed by atoms with E-state index in [1.165, 1.54) is 12.8 Å². The molecule has 1 aromatic carbocycles. The largest absolute Gasteiger partial charge is 0.399 e. The third-order valence-corrected chi connectivity index (χ3v) is 4.66. The van der Waals surface area contributed by atoms with Crippen molar-refractivity contribution in [2.75, 3.05) is 12.8 Å². The molecule has 3 nitrogen and oxygen atoms in total. The van der Waals surface area contributed by atoms with Crippen LogP contribution in [-0.2, 0) is 4.79 Å². The van der Waals surface area contributed by atoms with Gasteiger partial charge in [-0.2, -0.15) is 0 Å². The molecule has 0 bridgehead atoms. The van der Waals surface area contributed by atoms with E-state index in [-0.39, 0.29) is 11.8 Å². The maximum Gasteiger partial charge on any atom is 0.229 e. The number of nitrogens with zero attached hydrogens (tertiary/aromatic N) is 1. The minimum Gasteiger partial charge on any atom is -0.399 e. The molecule has 0 aromatic heterocycles. The first-order valence-corrected chi connectivity index (χ1v) is 7.61. The summed E-state index contributed by atoms with van der Waals surface area (Å²) in [6.45, 7) is 4.27. The lowest BCUT2D eigenvalue weighted by Gasteiger charge is -2.35. The van der Waals surface area contributed by atoms with Crippen LogP contribution in [0.3, 0.4) is 0 Å². The summed E-state index contributed by atoms with van der Waals surface area (Å²) >= 11 is 0. The zero-order valence-electron chi connectivity index (χ0n) is 12.8. The second-order valence-corrected chi connectivity index (χ2v) is 6.25. The lowest BCUT2D eigenvalue weighted by atomic mass is 9.86. The van der Waals surface area contributed by atoms with Crippen molar-refractivity contribution >= 4 is 11.6 Å². The molecule has 2 N–H and O–H groups in total. The van der Waals surface area contributed by atoms with Crippen LogP contribution < -0.4 is 5.73 Å². The average Bonchev–Trinajstić information content (AvgIpc) is 2.46. The molecule has 1 amide bonds. The quantitative estimate of drug-likeness (QED) is 0.859. The van der Waals surface area contributed by atoms with Crippen LogP contribution in [-0.4, -0.2) is 23.9 Å². The molecule has 1 aliphatic rings. The van der Waals surface area contributed by atoms with Crippen LogP contribution in [0.5, 0.6) is 0 Å². The second kappa shape index (κ2) is 6.29. The first kappa shape index (κ1) is 14.9. The van der Waals surface area contributed by atoms with Crippen molar-refractivity contribution < 1.29 is 4.79 Å². The van der Waals surface area contributed by atoms with E-state index in [4.69, 9.17) is 5.73 Å². The molecule has 110 valence electrons. The molecule has 0 radical (unpaired) electrons. The van der Waals surface area contributed by atoms with E-state index < -0.39 is 0 Å². The van der Waals surface area contributed by atoms with Crippen LogP contribution in [0.15, 0.2) is 24.3 Å². The molecule has 1 saturated carbocycles. The van der Waals surface area contributed by atoms with Gasteiger partial charge in [0.1, 0.15) is 0 Å². The summed E-state index contributed by atoms with van der Waals surface area (Å²) in [5.41, 5.74) is 7.53. The molecular weight excluding hydrogens is 248 g/mol. The van der Waals surface area contributed by atoms with E-state index in [0.717, 1.165) is 30.0 Å². The number of hydrogen-bond donors (Lipinski definition) is 1. The standard InChI is InChI=1S/C17H26N2O/c1-12-7-9-16(10-8-12)19(3)17(20)13(2)14-5-4-6-15(18)11-14/h4-6,11-13,16H,7-10,18H2,1-3H3. The number of carbonyl (C=O) groups excluding carboxylic acids is 1. The van der Waals surface area contributed by atoms with Crippen LogP contribution in [0.25, 0.3) is 0 Å². The highest BCUT2D eigenvalue weighted by atomic mass is 16.2. The molecule has 1 atom stereocenters. The lowest BCUT2D eigenvalue weighted by molar-refractivity contribution is -0.134. The van der Waals surface area contributed by atoms with Gasteiger partial charge in [-0.1, -0.05) is 19.1 Å². The van der Waals surface area contributed by atoms with Gasteiger partial charge in [0, 0.05) is 18.8 Å². The summed E-state index contributed by atoms with van der Waals surface area (Å²) in [4.78, 5) is 14.6. The molecule has 0 saturated heterocycles. The summed E-state index contributed by atoms with van der Waals surface area (Å²) in [7, 11) is 1.95. The Morgan fingerprint density at radius 1 is 1.30 bits per heavy atom. The highest BCUT2D eigenvalue weighted by molar-refractivity contribution is 5.83. The summed E-state index contributed by atoms with van der Waals surface area (Å²) < 4.78 is 0. The van der Waals surface area contributed by atoms with Crippen LogP contribution in [0.2, 0.25) is 0 Å². The van der Waals surface area contributed by atoms with Gasteiger partial charge in [0.05, 0.1) is 5.92 Å². The Morgan fingerprint density at radius 2 is 1.95 bits per heavy atom. The molecule has 1 fully saturated rings. The Labute approximate surface area is 122 Å². The van der Waals surface area contributed by atoms with Gasteiger partial charge in [0.25, 0.3) is 0 Å². The molecule has 20 heavy (non-hydrogen) atoms. The van der Waals surface area contributed by atoms with E-state index in [1.807, 2.05) is 43.1 Å². The number of anilines is 1. The van der Waals surface area contributed by atoms with E-state index in [9.17, 15) is 4.79 Å². The van der Waals surface area contributed by atoms with Gasteiger partial charge in [-0.3, -0.25) is 4.79 Å². The van der Waals surface area contributed by atoms with Gasteiger partial charge in [-0.25, -0.2) is 0 Å². The van der Waals surface area contributed by atoms with Crippen molar-refractivity contribution in [3.63, 3.8) is 0 Å². The molecular formula is C17H26N2O. The van der Waals surface area contributed by atoms with E-state index >= 15 is 0 Å². The minimum atomic E-state index is -0.122. The van der Waals surface area contributed by atoms with Crippen LogP contribution >= 0.6 is 0 Å². The van der Waals surface area contributed by atoms with Crippen molar-refractivity contribution in [1.29, 1.82) is 0 Å². The fourth-order valence-electron chi connectivity index (χ4n) is 3.09. The Bertz CT molecular complexity index is 464. The van der Waals surface area contributed by atoms with E-state index in [2.05, 4.69) is 6.92 Å². The number of carbonyl (C=O) groups is 1. The van der Waals surface area contributed by atoms with E-state index in [1.54, 1.807) is 0 Å². The maximum atomic E-state index is 12.6. The summed E-state index contributed by atoms with van der Waals surface area (Å²) in [6, 6.07) is 8.06. The van der Waals surface area contributed by atoms with Crippen LogP contribution in [0, 0.1) is 5.92 Å². The lowest BCUT2D eigenvalue weighted by Crippen LogP contribution is -2.41. The van der Waals surface area contributed by atoms with Crippen LogP contribution in [0.1, 0.15) is 51.0 Å². The van der Waals surface area contributed by atoms with E-state index in [0.29, 0.717) is 6.04 Å². The van der Waals surface area contributed by atoms with Crippen molar-refractivity contribution in [3.05, 3.63) is 29.8 Å². The highest BCUT2D eigenvalue weighted by Crippen LogP contribution is 2.28. The Morgan fingerprint density at radius 3 is 2.55 bits per heavy atom. The van der Waals surface area contributed by atoms with Gasteiger partial charge in [0.2, 0.25) is 5.91 Å². The fraction of sp³-hybridized carbons (Fsp3) is 0.588. The summed E-state index contributed by atoms with van der Waals surface area (Å²) in [5.74, 6) is 0.888. The molecule has 0 heterocycles. The van der Waals surface area contributed by atoms with Gasteiger partial charge >= 0.3 is 0 Å². The normalized spacial score (nSPS) is 24.1. The monoisotopic (exact) mass is 274 g/mol. The van der Waals surface area contributed by atoms with Gasteiger partial charge in [-0.05, 0) is 56.2 Å². The number of nitrogen functional groups attached to an aromatic ring is 1. The smallest absolute Gasteiger partial charge is 0.229 e. The highest BCUT2D eigenvalue weighted by Gasteiger charge is 2.27. The zero-order valence-corrected chi connectivity index (χ0v) is 12.8. The number of hydrogen-bond acceptors (Lipinski definition) is 2. The van der Waals surface area contributed by atoms with Crippen molar-refractivity contribution in [2.24, 2.45) is 5.92 Å². The van der Waals surface area contributed by atoms with Crippen molar-refractivity contribution in [2.45, 2.75) is 51.5 Å². The molecule has 0 aliphatic heterocycles. The molecule has 0 spiro atoms. The topological polar surface area (TPSA) is 46.3 Å². The van der Waals surface area contributed by atoms with Gasteiger partial charge in [-0.15, -0.1) is 0 Å². The average molecular weight is 274 g/mol. The molecule has 1 aromatic rings. The third-order valence-electron chi connectivity index (χ3n) is 4.66. The predicted molar refractivity (Wildman–Crippen MR) is 83.5 cm³/mol. The summed E-state index contributed by atoms with van der Waals surface area (Å²) in [6.07, 6.45) is 4.73. The Balaban J connectivity index is 2.02. The SMILES string of the molecule is CC1CCC(N(C)C(=O)C(C)c2cccc(N)c2)CC1. The number of likely N-dealkylation sites (N-methyl/N-ethyl adjacent to an activating group) is 1. The molecule has 2 rings (SSSR count). The van der Waals surface area contributed by atoms with Gasteiger partial charge < -0.3 is 10.6 Å². The fourth-order valence-corrected chi connectivity index (χ4v) is 3.09. The maximum absolute atomic E-state index is 12.6. The number of rotatable bonds is 3. The first-order chi connectivity index (χ1) is 9.49. The number of amides is 1. The Kier molecular flexibility index (Phi) is 4.69. The molecule has 1 aliphatic carbocycles. The zero-order chi connectivity index (χ0) is 14.7. The van der Waals surface area contributed by atoms with Crippen molar-refractivity contribution in [1.82, 2.24) is 4.90 Å². The minimum absolute atomic E-state index is 0.122. The number of benzene rings is 1. The number of nitrogens with two attached hydrogens (primary N) is 1. The molecule has 3 heteroatoms. The Hall–Kier alpha value is -1.51. The third kappa shape index (κ3) is 3.33.